The average Bonchev–Trinajstić information content (AvgIpc) is 4.12. The quantitative estimate of drug-likeness (QED) is 0.0358. The molecule has 4 aromatic carbocycles. The molecule has 3 aromatic heterocycles. The van der Waals surface area contributed by atoms with Gasteiger partial charge < -0.3 is 42.1 Å². The summed E-state index contributed by atoms with van der Waals surface area (Å²) in [5.74, 6) is 4.48. The van der Waals surface area contributed by atoms with E-state index in [9.17, 15) is 0 Å². The van der Waals surface area contributed by atoms with E-state index in [2.05, 4.69) is 70.9 Å². The highest BCUT2D eigenvalue weighted by Gasteiger charge is 2.30. The van der Waals surface area contributed by atoms with E-state index in [0.717, 1.165) is 73.4 Å². The van der Waals surface area contributed by atoms with Crippen molar-refractivity contribution >= 4 is 65.4 Å². The fraction of sp³-hybridized carbons (Fsp3) is 0.636. The SMILES string of the molecule is CCCCCCCCCCCCn1c2cc(OC)c(OC)cc2c2c1c1c3cc(OC)c(OC)cc3n(CCCCCCCCCCCC)c1c1c3cc(OC)c(OC)cc3n(CCCCCCCCCCCC)c21. The molecule has 0 saturated carbocycles. The lowest BCUT2D eigenvalue weighted by Crippen LogP contribution is -2.02. The Kier molecular flexibility index (Phi) is 23.2. The molecule has 0 amide bonds. The first-order chi connectivity index (χ1) is 36.9. The van der Waals surface area contributed by atoms with Crippen molar-refractivity contribution in [3.05, 3.63) is 36.4 Å². The highest BCUT2D eigenvalue weighted by atomic mass is 16.5. The molecule has 9 heteroatoms. The summed E-state index contributed by atoms with van der Waals surface area (Å²) in [7, 11) is 10.6. The van der Waals surface area contributed by atoms with Crippen LogP contribution in [-0.4, -0.2) is 56.4 Å². The molecular formula is C66H99N3O6. The number of ether oxygens (including phenoxy) is 6. The van der Waals surface area contributed by atoms with Crippen molar-refractivity contribution in [3.8, 4) is 34.5 Å². The van der Waals surface area contributed by atoms with Crippen molar-refractivity contribution in [2.75, 3.05) is 42.7 Å². The van der Waals surface area contributed by atoms with E-state index in [-0.39, 0.29) is 0 Å². The monoisotopic (exact) mass is 1030 g/mol. The molecule has 3 heterocycles. The summed E-state index contributed by atoms with van der Waals surface area (Å²) in [6.07, 6.45) is 38.7. The Morgan fingerprint density at radius 3 is 0.640 bits per heavy atom. The Morgan fingerprint density at radius 1 is 0.253 bits per heavy atom. The molecule has 0 fully saturated rings. The highest BCUT2D eigenvalue weighted by Crippen LogP contribution is 2.52. The van der Waals surface area contributed by atoms with E-state index in [1.54, 1.807) is 42.7 Å². The zero-order valence-electron chi connectivity index (χ0n) is 48.6. The third kappa shape index (κ3) is 13.6. The smallest absolute Gasteiger partial charge is 0.162 e. The normalized spacial score (nSPS) is 12.0. The van der Waals surface area contributed by atoms with Crippen LogP contribution in [0.25, 0.3) is 65.4 Å². The maximum absolute atomic E-state index is 6.18. The Balaban J connectivity index is 1.46. The van der Waals surface area contributed by atoms with Gasteiger partial charge in [0.2, 0.25) is 0 Å². The van der Waals surface area contributed by atoms with E-state index in [4.69, 9.17) is 28.4 Å². The minimum Gasteiger partial charge on any atom is -0.493 e. The Hall–Kier alpha value is -4.92. The van der Waals surface area contributed by atoms with Crippen molar-refractivity contribution in [1.82, 2.24) is 13.7 Å². The van der Waals surface area contributed by atoms with Gasteiger partial charge in [-0.05, 0) is 37.5 Å². The highest BCUT2D eigenvalue weighted by molar-refractivity contribution is 6.39. The first-order valence-electron chi connectivity index (χ1n) is 30.3. The van der Waals surface area contributed by atoms with E-state index < -0.39 is 0 Å². The van der Waals surface area contributed by atoms with Crippen LogP contribution in [0.3, 0.4) is 0 Å². The van der Waals surface area contributed by atoms with Crippen LogP contribution in [0.1, 0.15) is 213 Å². The number of nitrogens with zero attached hydrogens (tertiary/aromatic N) is 3. The van der Waals surface area contributed by atoms with Gasteiger partial charge in [0.05, 0.1) is 75.8 Å². The number of methoxy groups -OCH3 is 6. The second-order valence-corrected chi connectivity index (χ2v) is 21.8. The molecule has 0 aliphatic carbocycles. The molecule has 9 nitrogen and oxygen atoms in total. The lowest BCUT2D eigenvalue weighted by molar-refractivity contribution is 0.355. The summed E-state index contributed by atoms with van der Waals surface area (Å²) < 4.78 is 44.9. The zero-order chi connectivity index (χ0) is 52.9. The van der Waals surface area contributed by atoms with Gasteiger partial charge in [0.1, 0.15) is 0 Å². The van der Waals surface area contributed by atoms with Gasteiger partial charge in [-0.1, -0.05) is 194 Å². The van der Waals surface area contributed by atoms with Crippen molar-refractivity contribution in [2.24, 2.45) is 0 Å². The van der Waals surface area contributed by atoms with Crippen molar-refractivity contribution in [3.63, 3.8) is 0 Å². The van der Waals surface area contributed by atoms with Gasteiger partial charge in [-0.2, -0.15) is 0 Å². The summed E-state index contributed by atoms with van der Waals surface area (Å²) >= 11 is 0. The predicted molar refractivity (Wildman–Crippen MR) is 320 cm³/mol. The summed E-state index contributed by atoms with van der Waals surface area (Å²) in [6.45, 7) is 9.59. The molecule has 7 rings (SSSR count). The molecule has 0 bridgehead atoms. The molecule has 0 aliphatic rings. The fourth-order valence-electron chi connectivity index (χ4n) is 12.5. The third-order valence-electron chi connectivity index (χ3n) is 16.6. The van der Waals surface area contributed by atoms with Crippen molar-refractivity contribution < 1.29 is 28.4 Å². The summed E-state index contributed by atoms with van der Waals surface area (Å²) in [5.41, 5.74) is 7.33. The van der Waals surface area contributed by atoms with Gasteiger partial charge in [0.25, 0.3) is 0 Å². The van der Waals surface area contributed by atoms with Crippen LogP contribution in [0.15, 0.2) is 36.4 Å². The minimum atomic E-state index is 0.742. The average molecular weight is 1030 g/mol. The van der Waals surface area contributed by atoms with Crippen LogP contribution >= 0.6 is 0 Å². The molecule has 0 N–H and O–H groups in total. The summed E-state index contributed by atoms with van der Waals surface area (Å²) in [6, 6.07) is 13.5. The number of aromatic nitrogens is 3. The van der Waals surface area contributed by atoms with E-state index in [1.807, 2.05) is 0 Å². The number of rotatable bonds is 39. The van der Waals surface area contributed by atoms with E-state index in [1.165, 1.54) is 239 Å². The molecule has 0 aliphatic heterocycles. The summed E-state index contributed by atoms with van der Waals surface area (Å²) in [4.78, 5) is 0. The number of hydrogen-bond acceptors (Lipinski definition) is 6. The second kappa shape index (κ2) is 30.1. The number of benzene rings is 4. The summed E-state index contributed by atoms with van der Waals surface area (Å²) in [5, 5.41) is 7.33. The Labute approximate surface area is 452 Å². The van der Waals surface area contributed by atoms with E-state index >= 15 is 0 Å². The molecule has 75 heavy (non-hydrogen) atoms. The van der Waals surface area contributed by atoms with Crippen LogP contribution in [0.4, 0.5) is 0 Å². The van der Waals surface area contributed by atoms with Gasteiger partial charge in [0, 0.05) is 70.2 Å². The number of aryl methyl sites for hydroxylation is 3. The van der Waals surface area contributed by atoms with Gasteiger partial charge in [-0.3, -0.25) is 0 Å². The molecule has 0 spiro atoms. The maximum atomic E-state index is 6.18. The molecule has 0 atom stereocenters. The Bertz CT molecular complexity index is 2510. The first-order valence-corrected chi connectivity index (χ1v) is 30.3. The molecule has 0 saturated heterocycles. The minimum absolute atomic E-state index is 0.742. The molecule has 0 radical (unpaired) electrons. The van der Waals surface area contributed by atoms with Gasteiger partial charge >= 0.3 is 0 Å². The van der Waals surface area contributed by atoms with Gasteiger partial charge in [-0.25, -0.2) is 0 Å². The Morgan fingerprint density at radius 2 is 0.440 bits per heavy atom. The van der Waals surface area contributed by atoms with Crippen LogP contribution < -0.4 is 28.4 Å². The van der Waals surface area contributed by atoms with Crippen molar-refractivity contribution in [2.45, 2.75) is 233 Å². The lowest BCUT2D eigenvalue weighted by Gasteiger charge is -2.13. The van der Waals surface area contributed by atoms with Gasteiger partial charge in [0.15, 0.2) is 34.5 Å². The van der Waals surface area contributed by atoms with Crippen LogP contribution in [-0.2, 0) is 19.6 Å². The number of unbranched alkanes of at least 4 members (excludes halogenated alkanes) is 27. The van der Waals surface area contributed by atoms with Gasteiger partial charge in [-0.15, -0.1) is 0 Å². The maximum Gasteiger partial charge on any atom is 0.162 e. The standard InChI is InChI=1S/C66H99N3O6/c1-10-13-16-19-22-25-28-31-34-37-40-67-52-46-58(73-7)55(70-4)43-49(52)61-64(67)62-50-44-56(71-5)59(74-8)47-53(50)68(41-38-35-32-29-26-23-20-17-14-11-2)66(62)63-51-45-57(72-6)60(75-9)48-54(51)69(65(61)63)42-39-36-33-30-27-24-21-18-15-12-3/h43-48H,10-42H2,1-9H3. The van der Waals surface area contributed by atoms with E-state index in [0.29, 0.717) is 0 Å². The fourth-order valence-corrected chi connectivity index (χ4v) is 12.5. The largest absolute Gasteiger partial charge is 0.493 e. The topological polar surface area (TPSA) is 70.2 Å². The molecule has 7 aromatic rings. The van der Waals surface area contributed by atoms with Crippen LogP contribution in [0.5, 0.6) is 34.5 Å². The lowest BCUT2D eigenvalue weighted by atomic mass is 10.0. The van der Waals surface area contributed by atoms with Crippen LogP contribution in [0, 0.1) is 0 Å². The third-order valence-corrected chi connectivity index (χ3v) is 16.6. The molecule has 0 unspecified atom stereocenters. The predicted octanol–water partition coefficient (Wildman–Crippen LogP) is 19.8. The second-order valence-electron chi connectivity index (χ2n) is 21.8. The molecular weight excluding hydrogens is 931 g/mol. The zero-order valence-corrected chi connectivity index (χ0v) is 48.6. The number of fused-ring (bicyclic) bond motifs is 12. The number of hydrogen-bond donors (Lipinski definition) is 0. The van der Waals surface area contributed by atoms with Crippen LogP contribution in [0.2, 0.25) is 0 Å². The molecule has 414 valence electrons. The first kappa shape index (κ1) is 57.8. The van der Waals surface area contributed by atoms with Crippen molar-refractivity contribution in [1.29, 1.82) is 0 Å².